The van der Waals surface area contributed by atoms with Crippen LogP contribution in [0, 0.1) is 0 Å². The van der Waals surface area contributed by atoms with Crippen molar-refractivity contribution in [1.29, 1.82) is 0 Å². The lowest BCUT2D eigenvalue weighted by Gasteiger charge is -2.32. The average Bonchev–Trinajstić information content (AvgIpc) is 3.43. The summed E-state index contributed by atoms with van der Waals surface area (Å²) in [4.78, 5) is 39.1. The number of carbonyl (C=O) groups excluding carboxylic acids is 3. The SMILES string of the molecule is CCCC(=O)c1ccc2c(c1)N(CC(=O)Nc1nnc(C3CCCO3)s1)C(=O)C(C)O2. The van der Waals surface area contributed by atoms with Crippen LogP contribution in [-0.2, 0) is 14.3 Å². The first-order valence-electron chi connectivity index (χ1n) is 10.4. The predicted molar refractivity (Wildman–Crippen MR) is 115 cm³/mol. The highest BCUT2D eigenvalue weighted by molar-refractivity contribution is 7.15. The van der Waals surface area contributed by atoms with Gasteiger partial charge in [-0.05, 0) is 44.4 Å². The van der Waals surface area contributed by atoms with Crippen LogP contribution in [-0.4, -0.2) is 47.1 Å². The van der Waals surface area contributed by atoms with E-state index in [2.05, 4.69) is 15.5 Å². The molecule has 2 amide bonds. The minimum Gasteiger partial charge on any atom is -0.479 e. The van der Waals surface area contributed by atoms with E-state index in [0.29, 0.717) is 35.2 Å². The highest BCUT2D eigenvalue weighted by atomic mass is 32.1. The van der Waals surface area contributed by atoms with Crippen LogP contribution in [0.3, 0.4) is 0 Å². The fourth-order valence-electron chi connectivity index (χ4n) is 3.60. The monoisotopic (exact) mass is 444 g/mol. The Morgan fingerprint density at radius 1 is 1.32 bits per heavy atom. The average molecular weight is 445 g/mol. The predicted octanol–water partition coefficient (Wildman–Crippen LogP) is 3.13. The van der Waals surface area contributed by atoms with Crippen LogP contribution < -0.4 is 15.0 Å². The van der Waals surface area contributed by atoms with Crippen LogP contribution in [0.25, 0.3) is 0 Å². The first-order valence-corrected chi connectivity index (χ1v) is 11.2. The van der Waals surface area contributed by atoms with Crippen LogP contribution in [0.15, 0.2) is 18.2 Å². The Hall–Kier alpha value is -2.85. The fourth-order valence-corrected chi connectivity index (χ4v) is 4.45. The summed E-state index contributed by atoms with van der Waals surface area (Å²) in [5.74, 6) is -0.311. The fraction of sp³-hybridized carbons (Fsp3) is 0.476. The summed E-state index contributed by atoms with van der Waals surface area (Å²) in [6, 6.07) is 4.97. The lowest BCUT2D eigenvalue weighted by atomic mass is 10.0. The number of nitrogens with one attached hydrogen (secondary N) is 1. The number of ketones is 1. The molecule has 1 fully saturated rings. The molecule has 2 unspecified atom stereocenters. The first kappa shape index (κ1) is 21.4. The highest BCUT2D eigenvalue weighted by Crippen LogP contribution is 2.36. The van der Waals surface area contributed by atoms with Crippen molar-refractivity contribution >= 4 is 39.8 Å². The second-order valence-corrected chi connectivity index (χ2v) is 8.54. The Kier molecular flexibility index (Phi) is 6.28. The molecule has 1 N–H and O–H groups in total. The maximum Gasteiger partial charge on any atom is 0.268 e. The second kappa shape index (κ2) is 9.11. The summed E-state index contributed by atoms with van der Waals surface area (Å²) in [5, 5.41) is 11.9. The smallest absolute Gasteiger partial charge is 0.268 e. The van der Waals surface area contributed by atoms with E-state index >= 15 is 0 Å². The number of Topliss-reactive ketones (excluding diaryl/α,β-unsaturated/α-hetero) is 1. The number of carbonyl (C=O) groups is 3. The minimum absolute atomic E-state index is 0.0173. The molecule has 1 saturated heterocycles. The quantitative estimate of drug-likeness (QED) is 0.653. The number of hydrogen-bond donors (Lipinski definition) is 1. The molecule has 10 heteroatoms. The maximum atomic E-state index is 12.8. The van der Waals surface area contributed by atoms with Crippen LogP contribution in [0.1, 0.15) is 61.0 Å². The number of ether oxygens (including phenoxy) is 2. The van der Waals surface area contributed by atoms with Crippen LogP contribution >= 0.6 is 11.3 Å². The van der Waals surface area contributed by atoms with Gasteiger partial charge in [-0.15, -0.1) is 10.2 Å². The van der Waals surface area contributed by atoms with E-state index in [0.717, 1.165) is 24.3 Å². The third-order valence-corrected chi connectivity index (χ3v) is 6.09. The van der Waals surface area contributed by atoms with Crippen molar-refractivity contribution in [2.75, 3.05) is 23.4 Å². The van der Waals surface area contributed by atoms with Gasteiger partial charge in [0.05, 0.1) is 5.69 Å². The van der Waals surface area contributed by atoms with Crippen molar-refractivity contribution in [1.82, 2.24) is 10.2 Å². The van der Waals surface area contributed by atoms with Crippen LogP contribution in [0.4, 0.5) is 10.8 Å². The third kappa shape index (κ3) is 4.59. The van der Waals surface area contributed by atoms with Gasteiger partial charge in [0, 0.05) is 18.6 Å². The van der Waals surface area contributed by atoms with E-state index in [9.17, 15) is 14.4 Å². The molecule has 2 aliphatic rings. The number of aromatic nitrogens is 2. The van der Waals surface area contributed by atoms with Crippen molar-refractivity contribution in [2.24, 2.45) is 0 Å². The van der Waals surface area contributed by atoms with Crippen molar-refractivity contribution in [3.63, 3.8) is 0 Å². The van der Waals surface area contributed by atoms with E-state index in [1.54, 1.807) is 25.1 Å². The summed E-state index contributed by atoms with van der Waals surface area (Å²) < 4.78 is 11.3. The highest BCUT2D eigenvalue weighted by Gasteiger charge is 2.33. The van der Waals surface area contributed by atoms with Crippen LogP contribution in [0.5, 0.6) is 5.75 Å². The Morgan fingerprint density at radius 2 is 2.16 bits per heavy atom. The summed E-state index contributed by atoms with van der Waals surface area (Å²) >= 11 is 1.27. The molecule has 4 rings (SSSR count). The number of nitrogens with zero attached hydrogens (tertiary/aromatic N) is 3. The molecule has 0 saturated carbocycles. The standard InChI is InChI=1S/C21H24N4O5S/c1-3-5-15(26)13-7-8-16-14(10-13)25(20(28)12(2)30-16)11-18(27)22-21-24-23-19(31-21)17-6-4-9-29-17/h7-8,10,12,17H,3-6,9,11H2,1-2H3,(H,22,24,27). The molecular weight excluding hydrogens is 420 g/mol. The van der Waals surface area contributed by atoms with Gasteiger partial charge >= 0.3 is 0 Å². The number of amides is 2. The van der Waals surface area contributed by atoms with Gasteiger partial charge in [-0.25, -0.2) is 0 Å². The molecule has 1 aromatic heterocycles. The van der Waals surface area contributed by atoms with E-state index < -0.39 is 12.0 Å². The number of benzene rings is 1. The molecule has 0 spiro atoms. The third-order valence-electron chi connectivity index (χ3n) is 5.16. The van der Waals surface area contributed by atoms with Crippen LogP contribution in [0.2, 0.25) is 0 Å². The number of anilines is 2. The molecule has 0 aliphatic carbocycles. The van der Waals surface area contributed by atoms with Gasteiger partial charge in [0.2, 0.25) is 11.0 Å². The van der Waals surface area contributed by atoms with E-state index in [1.165, 1.54) is 16.2 Å². The molecule has 31 heavy (non-hydrogen) atoms. The normalized spacial score (nSPS) is 20.3. The number of hydrogen-bond acceptors (Lipinski definition) is 8. The van der Waals surface area contributed by atoms with Gasteiger partial charge in [-0.2, -0.15) is 0 Å². The van der Waals surface area contributed by atoms with Gasteiger partial charge < -0.3 is 9.47 Å². The Balaban J connectivity index is 1.50. The number of fused-ring (bicyclic) bond motifs is 1. The summed E-state index contributed by atoms with van der Waals surface area (Å²) in [7, 11) is 0. The molecule has 3 heterocycles. The van der Waals surface area contributed by atoms with Crippen molar-refractivity contribution < 1.29 is 23.9 Å². The van der Waals surface area contributed by atoms with Gasteiger partial charge in [0.15, 0.2) is 11.9 Å². The zero-order chi connectivity index (χ0) is 22.0. The molecule has 9 nitrogen and oxygen atoms in total. The summed E-state index contributed by atoms with van der Waals surface area (Å²) in [6.45, 7) is 4.04. The summed E-state index contributed by atoms with van der Waals surface area (Å²) in [6.07, 6.45) is 2.20. The van der Waals surface area contributed by atoms with E-state index in [4.69, 9.17) is 9.47 Å². The molecule has 0 radical (unpaired) electrons. The lowest BCUT2D eigenvalue weighted by molar-refractivity contribution is -0.127. The topological polar surface area (TPSA) is 111 Å². The molecule has 2 aliphatic heterocycles. The van der Waals surface area contributed by atoms with Crippen molar-refractivity contribution in [3.05, 3.63) is 28.8 Å². The molecular formula is C21H24N4O5S. The van der Waals surface area contributed by atoms with Crippen molar-refractivity contribution in [2.45, 2.75) is 51.7 Å². The Bertz CT molecular complexity index is 1000. The molecule has 1 aromatic carbocycles. The minimum atomic E-state index is -0.731. The van der Waals surface area contributed by atoms with Gasteiger partial charge in [-0.1, -0.05) is 18.3 Å². The maximum absolute atomic E-state index is 12.8. The zero-order valence-corrected chi connectivity index (χ0v) is 18.2. The second-order valence-electron chi connectivity index (χ2n) is 7.54. The molecule has 2 atom stereocenters. The number of rotatable bonds is 7. The van der Waals surface area contributed by atoms with E-state index in [-0.39, 0.29) is 24.3 Å². The Labute approximate surface area is 183 Å². The zero-order valence-electron chi connectivity index (χ0n) is 17.4. The largest absolute Gasteiger partial charge is 0.479 e. The molecule has 164 valence electrons. The van der Waals surface area contributed by atoms with E-state index in [1.807, 2.05) is 6.92 Å². The van der Waals surface area contributed by atoms with Gasteiger partial charge in [0.1, 0.15) is 23.4 Å². The van der Waals surface area contributed by atoms with Gasteiger partial charge in [-0.3, -0.25) is 24.6 Å². The lowest BCUT2D eigenvalue weighted by Crippen LogP contribution is -2.47. The Morgan fingerprint density at radius 3 is 2.90 bits per heavy atom. The molecule has 0 bridgehead atoms. The molecule has 2 aromatic rings. The summed E-state index contributed by atoms with van der Waals surface area (Å²) in [5.41, 5.74) is 0.903. The van der Waals surface area contributed by atoms with Gasteiger partial charge in [0.25, 0.3) is 5.91 Å². The first-order chi connectivity index (χ1) is 15.0. The van der Waals surface area contributed by atoms with Crippen molar-refractivity contribution in [3.8, 4) is 5.75 Å².